The topological polar surface area (TPSA) is 30.5 Å². The van der Waals surface area contributed by atoms with Crippen LogP contribution in [0.1, 0.15) is 0 Å². The van der Waals surface area contributed by atoms with E-state index >= 15 is 0 Å². The summed E-state index contributed by atoms with van der Waals surface area (Å²) in [6.45, 7) is 5.33. The maximum atomic E-state index is 7.38. The largest absolute Gasteiger partial charge is 0.377 e. The molecule has 0 aliphatic carbocycles. The fourth-order valence-corrected chi connectivity index (χ4v) is 1.14. The number of hydrogen-bond acceptors (Lipinski definition) is 3. The summed E-state index contributed by atoms with van der Waals surface area (Å²) in [4.78, 5) is 0. The molecule has 0 bridgehead atoms. The van der Waals surface area contributed by atoms with Crippen LogP contribution < -0.4 is 5.31 Å². The molecule has 11 heavy (non-hydrogen) atoms. The Morgan fingerprint density at radius 3 is 3.09 bits per heavy atom. The molecule has 1 rings (SSSR count). The van der Waals surface area contributed by atoms with Crippen LogP contribution in [-0.2, 0) is 9.47 Å². The van der Waals surface area contributed by atoms with Gasteiger partial charge in [-0.05, 0) is 0 Å². The summed E-state index contributed by atoms with van der Waals surface area (Å²) in [6.07, 6.45) is 1.76. The quantitative estimate of drug-likeness (QED) is 0.592. The van der Waals surface area contributed by atoms with E-state index in [9.17, 15) is 0 Å². The van der Waals surface area contributed by atoms with E-state index in [1.807, 2.05) is 0 Å². The SMILES string of the molecule is [2H]N1C[C@H](OC)[C@H](OCC=C)C1. The van der Waals surface area contributed by atoms with Crippen molar-refractivity contribution in [3.63, 3.8) is 0 Å². The van der Waals surface area contributed by atoms with Gasteiger partial charge in [0, 0.05) is 20.2 Å². The van der Waals surface area contributed by atoms with Crippen molar-refractivity contribution in [1.29, 1.82) is 0 Å². The normalized spacial score (nSPS) is 33.7. The third-order valence-corrected chi connectivity index (χ3v) is 1.76. The van der Waals surface area contributed by atoms with Gasteiger partial charge in [-0.25, -0.2) is 0 Å². The van der Waals surface area contributed by atoms with Gasteiger partial charge in [-0.1, -0.05) is 6.08 Å². The summed E-state index contributed by atoms with van der Waals surface area (Å²) < 4.78 is 18.0. The van der Waals surface area contributed by atoms with E-state index in [-0.39, 0.29) is 12.2 Å². The standard InChI is InChI=1S/C8H15NO2/c1-3-4-11-8-6-9-5-7(8)10-2/h3,7-9H,1,4-6H2,2H3/t7-,8+/m0/s1/i/hD. The van der Waals surface area contributed by atoms with Crippen molar-refractivity contribution < 1.29 is 10.9 Å². The summed E-state index contributed by atoms with van der Waals surface area (Å²) in [5.74, 6) is 0. The lowest BCUT2D eigenvalue weighted by Crippen LogP contribution is -2.28. The van der Waals surface area contributed by atoms with Crippen molar-refractivity contribution in [2.45, 2.75) is 12.2 Å². The Morgan fingerprint density at radius 2 is 2.45 bits per heavy atom. The van der Waals surface area contributed by atoms with Gasteiger partial charge in [-0.2, -0.15) is 0 Å². The molecule has 0 spiro atoms. The molecule has 1 aliphatic heterocycles. The second kappa shape index (κ2) is 4.49. The van der Waals surface area contributed by atoms with Crippen LogP contribution in [0.4, 0.5) is 0 Å². The lowest BCUT2D eigenvalue weighted by atomic mass is 10.2. The van der Waals surface area contributed by atoms with Crippen molar-refractivity contribution in [2.24, 2.45) is 0 Å². The highest BCUT2D eigenvalue weighted by molar-refractivity contribution is 4.83. The van der Waals surface area contributed by atoms with Crippen LogP contribution in [0.25, 0.3) is 0 Å². The molecule has 2 atom stereocenters. The molecule has 0 amide bonds. The highest BCUT2D eigenvalue weighted by atomic mass is 16.5. The molecule has 3 nitrogen and oxygen atoms in total. The van der Waals surface area contributed by atoms with E-state index in [0.29, 0.717) is 19.7 Å². The predicted molar refractivity (Wildman–Crippen MR) is 43.6 cm³/mol. The van der Waals surface area contributed by atoms with Gasteiger partial charge in [0.2, 0.25) is 0 Å². The average molecular weight is 158 g/mol. The summed E-state index contributed by atoms with van der Waals surface area (Å²) >= 11 is 0. The highest BCUT2D eigenvalue weighted by Gasteiger charge is 2.26. The fraction of sp³-hybridized carbons (Fsp3) is 0.750. The molecule has 0 aromatic carbocycles. The first-order chi connectivity index (χ1) is 5.77. The Balaban J connectivity index is 2.35. The molecule has 0 aromatic heterocycles. The number of hydrogen-bond donors (Lipinski definition) is 1. The van der Waals surface area contributed by atoms with Gasteiger partial charge in [0.15, 0.2) is 0 Å². The van der Waals surface area contributed by atoms with Gasteiger partial charge in [0.05, 0.1) is 18.8 Å². The molecular weight excluding hydrogens is 142 g/mol. The van der Waals surface area contributed by atoms with E-state index in [1.54, 1.807) is 13.2 Å². The number of rotatable bonds is 4. The van der Waals surface area contributed by atoms with E-state index in [0.717, 1.165) is 0 Å². The minimum atomic E-state index is 0.0190. The first-order valence-corrected chi connectivity index (χ1v) is 3.77. The van der Waals surface area contributed by atoms with Crippen LogP contribution in [0.5, 0.6) is 0 Å². The summed E-state index contributed by atoms with van der Waals surface area (Å²) in [7, 11) is 1.65. The van der Waals surface area contributed by atoms with Gasteiger partial charge in [0.1, 0.15) is 1.41 Å². The Bertz CT molecular complexity index is 154. The van der Waals surface area contributed by atoms with Crippen LogP contribution in [0, 0.1) is 0 Å². The van der Waals surface area contributed by atoms with E-state index < -0.39 is 0 Å². The molecular formula is C8H15NO2. The maximum absolute atomic E-state index is 7.38. The molecule has 0 unspecified atom stereocenters. The smallest absolute Gasteiger partial charge is 0.122 e. The van der Waals surface area contributed by atoms with Crippen LogP contribution >= 0.6 is 0 Å². The lowest BCUT2D eigenvalue weighted by Gasteiger charge is -2.16. The Hall–Kier alpha value is -0.380. The second-order valence-electron chi connectivity index (χ2n) is 2.52. The third kappa shape index (κ3) is 2.29. The van der Waals surface area contributed by atoms with Crippen molar-refractivity contribution in [3.8, 4) is 0 Å². The first-order valence-electron chi connectivity index (χ1n) is 4.21. The molecule has 1 N–H and O–H groups in total. The molecule has 0 aromatic rings. The van der Waals surface area contributed by atoms with Crippen LogP contribution in [-0.4, -0.2) is 39.0 Å². The molecule has 0 radical (unpaired) electrons. The van der Waals surface area contributed by atoms with Gasteiger partial charge in [-0.3, -0.25) is 0 Å². The summed E-state index contributed by atoms with van der Waals surface area (Å²) in [5, 5.41) is 1.46. The number of ether oxygens (including phenoxy) is 2. The molecule has 1 aliphatic rings. The number of methoxy groups -OCH3 is 1. The van der Waals surface area contributed by atoms with E-state index in [1.165, 1.54) is 5.31 Å². The molecule has 1 fully saturated rings. The van der Waals surface area contributed by atoms with Gasteiger partial charge >= 0.3 is 0 Å². The first kappa shape index (κ1) is 7.28. The Labute approximate surface area is 68.8 Å². The molecule has 0 saturated carbocycles. The molecule has 1 heterocycles. The molecule has 3 heteroatoms. The minimum absolute atomic E-state index is 0.0190. The highest BCUT2D eigenvalue weighted by Crippen LogP contribution is 2.07. The third-order valence-electron chi connectivity index (χ3n) is 1.76. The van der Waals surface area contributed by atoms with Gasteiger partial charge in [0.25, 0.3) is 0 Å². The van der Waals surface area contributed by atoms with Crippen molar-refractivity contribution >= 4 is 0 Å². The molecule has 1 saturated heterocycles. The van der Waals surface area contributed by atoms with Crippen molar-refractivity contribution in [2.75, 3.05) is 26.8 Å². The fourth-order valence-electron chi connectivity index (χ4n) is 1.14. The van der Waals surface area contributed by atoms with Crippen molar-refractivity contribution in [3.05, 3.63) is 12.7 Å². The van der Waals surface area contributed by atoms with Crippen LogP contribution in [0.3, 0.4) is 0 Å². The lowest BCUT2D eigenvalue weighted by molar-refractivity contribution is -0.0177. The predicted octanol–water partition coefficient (Wildman–Crippen LogP) is 0.176. The second-order valence-corrected chi connectivity index (χ2v) is 2.52. The summed E-state index contributed by atoms with van der Waals surface area (Å²) in [5.41, 5.74) is 0. The Morgan fingerprint density at radius 1 is 1.73 bits per heavy atom. The zero-order valence-electron chi connectivity index (χ0n) is 7.82. The van der Waals surface area contributed by atoms with E-state index in [4.69, 9.17) is 10.9 Å². The maximum Gasteiger partial charge on any atom is 0.122 e. The van der Waals surface area contributed by atoms with E-state index in [2.05, 4.69) is 6.58 Å². The zero-order chi connectivity index (χ0) is 8.97. The number of nitrogens with one attached hydrogen (secondary N) is 1. The zero-order valence-corrected chi connectivity index (χ0v) is 6.82. The monoisotopic (exact) mass is 158 g/mol. The van der Waals surface area contributed by atoms with Gasteiger partial charge < -0.3 is 14.8 Å². The Kier molecular flexibility index (Phi) is 2.97. The summed E-state index contributed by atoms with van der Waals surface area (Å²) in [6, 6.07) is 0. The van der Waals surface area contributed by atoms with Crippen LogP contribution in [0.15, 0.2) is 12.7 Å². The van der Waals surface area contributed by atoms with Crippen LogP contribution in [0.2, 0.25) is 1.41 Å². The average Bonchev–Trinajstić information content (AvgIpc) is 2.42. The van der Waals surface area contributed by atoms with Gasteiger partial charge in [-0.15, -0.1) is 6.58 Å². The molecule has 64 valence electrons. The minimum Gasteiger partial charge on any atom is -0.377 e. The van der Waals surface area contributed by atoms with Crippen molar-refractivity contribution in [1.82, 2.24) is 5.31 Å².